The van der Waals surface area contributed by atoms with Crippen LogP contribution >= 0.6 is 11.6 Å². The van der Waals surface area contributed by atoms with Gasteiger partial charge in [-0.1, -0.05) is 18.2 Å². The van der Waals surface area contributed by atoms with Crippen molar-refractivity contribution in [3.05, 3.63) is 29.8 Å². The van der Waals surface area contributed by atoms with E-state index in [-0.39, 0.29) is 5.41 Å². The summed E-state index contributed by atoms with van der Waals surface area (Å²) >= 11 is 5.96. The van der Waals surface area contributed by atoms with E-state index in [1.807, 2.05) is 18.2 Å². The second kappa shape index (κ2) is 3.22. The molecular weight excluding hydrogens is 184 g/mol. The second-order valence-electron chi connectivity index (χ2n) is 3.61. The first kappa shape index (κ1) is 8.89. The largest absolute Gasteiger partial charge is 0.496 e. The molecular formula is C11H13ClO. The molecule has 70 valence electrons. The molecule has 0 N–H and O–H groups in total. The number of benzene rings is 1. The molecule has 0 spiro atoms. The molecule has 1 saturated carbocycles. The Morgan fingerprint density at radius 1 is 1.38 bits per heavy atom. The van der Waals surface area contributed by atoms with Crippen molar-refractivity contribution >= 4 is 11.6 Å². The maximum absolute atomic E-state index is 5.96. The van der Waals surface area contributed by atoms with E-state index < -0.39 is 0 Å². The maximum atomic E-state index is 5.96. The summed E-state index contributed by atoms with van der Waals surface area (Å²) in [5.41, 5.74) is 1.49. The van der Waals surface area contributed by atoms with Crippen LogP contribution in [0.2, 0.25) is 0 Å². The molecule has 13 heavy (non-hydrogen) atoms. The van der Waals surface area contributed by atoms with Gasteiger partial charge in [0.05, 0.1) is 7.11 Å². The van der Waals surface area contributed by atoms with Gasteiger partial charge < -0.3 is 4.74 Å². The molecule has 0 bridgehead atoms. The molecule has 1 fully saturated rings. The molecule has 2 heteroatoms. The summed E-state index contributed by atoms with van der Waals surface area (Å²) in [4.78, 5) is 0. The van der Waals surface area contributed by atoms with E-state index in [1.54, 1.807) is 7.11 Å². The van der Waals surface area contributed by atoms with Gasteiger partial charge in [0.25, 0.3) is 0 Å². The molecule has 0 aromatic heterocycles. The van der Waals surface area contributed by atoms with Crippen molar-refractivity contribution in [2.45, 2.75) is 18.3 Å². The average molecular weight is 197 g/mol. The zero-order chi connectivity index (χ0) is 9.31. The van der Waals surface area contributed by atoms with Gasteiger partial charge in [0.15, 0.2) is 0 Å². The molecule has 1 aliphatic rings. The highest BCUT2D eigenvalue weighted by Crippen LogP contribution is 2.51. The number of alkyl halides is 1. The van der Waals surface area contributed by atoms with Crippen LogP contribution in [0.15, 0.2) is 24.3 Å². The summed E-state index contributed by atoms with van der Waals surface area (Å²) in [7, 11) is 1.71. The van der Waals surface area contributed by atoms with Crippen LogP contribution in [0.25, 0.3) is 0 Å². The zero-order valence-electron chi connectivity index (χ0n) is 7.72. The van der Waals surface area contributed by atoms with Crippen molar-refractivity contribution in [1.29, 1.82) is 0 Å². The second-order valence-corrected chi connectivity index (χ2v) is 3.88. The molecule has 0 saturated heterocycles. The Hall–Kier alpha value is -0.690. The van der Waals surface area contributed by atoms with Gasteiger partial charge in [-0.3, -0.25) is 0 Å². The molecule has 1 aromatic carbocycles. The minimum atomic E-state index is 0.216. The van der Waals surface area contributed by atoms with Gasteiger partial charge in [-0.2, -0.15) is 0 Å². The fourth-order valence-electron chi connectivity index (χ4n) is 1.71. The molecule has 1 aliphatic carbocycles. The fraction of sp³-hybridized carbons (Fsp3) is 0.455. The Morgan fingerprint density at radius 3 is 2.62 bits per heavy atom. The van der Waals surface area contributed by atoms with Crippen LogP contribution in [0.4, 0.5) is 0 Å². The Bertz CT molecular complexity index is 305. The third-order valence-electron chi connectivity index (χ3n) is 2.79. The first-order valence-electron chi connectivity index (χ1n) is 4.52. The number of halogens is 1. The third kappa shape index (κ3) is 1.42. The highest BCUT2D eigenvalue weighted by Gasteiger charge is 2.45. The zero-order valence-corrected chi connectivity index (χ0v) is 8.47. The smallest absolute Gasteiger partial charge is 0.122 e. The van der Waals surface area contributed by atoms with Crippen LogP contribution in [0.5, 0.6) is 5.75 Å². The minimum absolute atomic E-state index is 0.216. The molecule has 0 unspecified atom stereocenters. The SMILES string of the molecule is COc1ccccc1C1(CCl)CC1. The van der Waals surface area contributed by atoms with E-state index in [0.717, 1.165) is 5.75 Å². The van der Waals surface area contributed by atoms with Crippen LogP contribution in [-0.2, 0) is 5.41 Å². The number of hydrogen-bond acceptors (Lipinski definition) is 1. The molecule has 1 nitrogen and oxygen atoms in total. The van der Waals surface area contributed by atoms with Gasteiger partial charge in [0.2, 0.25) is 0 Å². The maximum Gasteiger partial charge on any atom is 0.122 e. The van der Waals surface area contributed by atoms with Crippen LogP contribution in [0.3, 0.4) is 0 Å². The fourth-order valence-corrected chi connectivity index (χ4v) is 2.12. The normalized spacial score (nSPS) is 18.3. The lowest BCUT2D eigenvalue weighted by molar-refractivity contribution is 0.405. The third-order valence-corrected chi connectivity index (χ3v) is 3.30. The lowest BCUT2D eigenvalue weighted by Crippen LogP contribution is -2.09. The van der Waals surface area contributed by atoms with Crippen molar-refractivity contribution in [3.63, 3.8) is 0 Å². The summed E-state index contributed by atoms with van der Waals surface area (Å²) in [6.45, 7) is 0. The van der Waals surface area contributed by atoms with Crippen molar-refractivity contribution in [2.24, 2.45) is 0 Å². The molecule has 0 aliphatic heterocycles. The van der Waals surface area contributed by atoms with E-state index in [1.165, 1.54) is 18.4 Å². The monoisotopic (exact) mass is 196 g/mol. The lowest BCUT2D eigenvalue weighted by Gasteiger charge is -2.15. The number of methoxy groups -OCH3 is 1. The molecule has 2 rings (SSSR count). The molecule has 0 radical (unpaired) electrons. The standard InChI is InChI=1S/C11H13ClO/c1-13-10-5-3-2-4-9(10)11(8-12)6-7-11/h2-5H,6-8H2,1H3. The van der Waals surface area contributed by atoms with Crippen molar-refractivity contribution < 1.29 is 4.74 Å². The predicted molar refractivity (Wildman–Crippen MR) is 54.6 cm³/mol. The van der Waals surface area contributed by atoms with Crippen molar-refractivity contribution in [3.8, 4) is 5.75 Å². The lowest BCUT2D eigenvalue weighted by atomic mass is 9.97. The van der Waals surface area contributed by atoms with Gasteiger partial charge >= 0.3 is 0 Å². The Kier molecular flexibility index (Phi) is 2.20. The summed E-state index contributed by atoms with van der Waals surface area (Å²) in [6, 6.07) is 8.16. The van der Waals surface area contributed by atoms with E-state index in [2.05, 4.69) is 6.07 Å². The van der Waals surface area contributed by atoms with Crippen LogP contribution in [-0.4, -0.2) is 13.0 Å². The topological polar surface area (TPSA) is 9.23 Å². The quantitative estimate of drug-likeness (QED) is 0.676. The highest BCUT2D eigenvalue weighted by molar-refractivity contribution is 6.19. The van der Waals surface area contributed by atoms with Gasteiger partial charge in [-0.25, -0.2) is 0 Å². The van der Waals surface area contributed by atoms with Gasteiger partial charge in [0.1, 0.15) is 5.75 Å². The Labute approximate surface area is 83.7 Å². The molecule has 0 heterocycles. The van der Waals surface area contributed by atoms with Crippen LogP contribution in [0, 0.1) is 0 Å². The van der Waals surface area contributed by atoms with Crippen LogP contribution in [0.1, 0.15) is 18.4 Å². The van der Waals surface area contributed by atoms with Crippen molar-refractivity contribution in [1.82, 2.24) is 0 Å². The first-order chi connectivity index (χ1) is 6.32. The molecule has 0 amide bonds. The number of rotatable bonds is 3. The average Bonchev–Trinajstić information content (AvgIpc) is 2.98. The highest BCUT2D eigenvalue weighted by atomic mass is 35.5. The number of para-hydroxylation sites is 1. The van der Waals surface area contributed by atoms with E-state index in [4.69, 9.17) is 16.3 Å². The summed E-state index contributed by atoms with van der Waals surface area (Å²) in [6.07, 6.45) is 2.38. The van der Waals surface area contributed by atoms with Gasteiger partial charge in [0, 0.05) is 16.9 Å². The Balaban J connectivity index is 2.39. The number of hydrogen-bond donors (Lipinski definition) is 0. The summed E-state index contributed by atoms with van der Waals surface area (Å²) < 4.78 is 5.31. The molecule has 0 atom stereocenters. The number of ether oxygens (including phenoxy) is 1. The van der Waals surface area contributed by atoms with E-state index in [9.17, 15) is 0 Å². The first-order valence-corrected chi connectivity index (χ1v) is 5.05. The predicted octanol–water partition coefficient (Wildman–Crippen LogP) is 2.97. The van der Waals surface area contributed by atoms with Crippen LogP contribution < -0.4 is 4.74 Å². The van der Waals surface area contributed by atoms with E-state index >= 15 is 0 Å². The van der Waals surface area contributed by atoms with Gasteiger partial charge in [-0.15, -0.1) is 11.6 Å². The summed E-state index contributed by atoms with van der Waals surface area (Å²) in [5, 5.41) is 0. The summed E-state index contributed by atoms with van der Waals surface area (Å²) in [5.74, 6) is 1.67. The minimum Gasteiger partial charge on any atom is -0.496 e. The van der Waals surface area contributed by atoms with Gasteiger partial charge in [-0.05, 0) is 18.9 Å². The Morgan fingerprint density at radius 2 is 2.08 bits per heavy atom. The molecule has 1 aromatic rings. The van der Waals surface area contributed by atoms with Crippen molar-refractivity contribution in [2.75, 3.05) is 13.0 Å². The van der Waals surface area contributed by atoms with E-state index in [0.29, 0.717) is 5.88 Å².